The normalized spacial score (nSPS) is 11.9. The number of hydrogen-bond acceptors (Lipinski definition) is 3. The van der Waals surface area contributed by atoms with Crippen molar-refractivity contribution in [1.29, 1.82) is 0 Å². The van der Waals surface area contributed by atoms with Gasteiger partial charge >= 0.3 is 5.97 Å². The summed E-state index contributed by atoms with van der Waals surface area (Å²) in [5.41, 5.74) is 2.62. The Morgan fingerprint density at radius 1 is 1.40 bits per heavy atom. The number of carboxylic acid groups (broad SMARTS) is 1. The smallest absolute Gasteiger partial charge is 0.311 e. The van der Waals surface area contributed by atoms with Crippen LogP contribution in [0.25, 0.3) is 0 Å². The van der Waals surface area contributed by atoms with Crippen molar-refractivity contribution in [2.45, 2.75) is 19.3 Å². The Labute approximate surface area is 118 Å². The van der Waals surface area contributed by atoms with Gasteiger partial charge in [0.1, 0.15) is 5.75 Å². The molecule has 20 heavy (non-hydrogen) atoms. The Morgan fingerprint density at radius 2 is 2.20 bits per heavy atom. The van der Waals surface area contributed by atoms with E-state index in [1.165, 1.54) is 0 Å². The molecule has 0 bridgehead atoms. The van der Waals surface area contributed by atoms with Gasteiger partial charge in [0.2, 0.25) is 0 Å². The van der Waals surface area contributed by atoms with Gasteiger partial charge in [0.25, 0.3) is 0 Å². The van der Waals surface area contributed by atoms with Gasteiger partial charge < -0.3 is 9.84 Å². The Bertz CT molecular complexity index is 596. The van der Waals surface area contributed by atoms with Gasteiger partial charge in [0, 0.05) is 12.4 Å². The molecule has 0 aliphatic heterocycles. The molecule has 0 fully saturated rings. The lowest BCUT2D eigenvalue weighted by Crippen LogP contribution is -2.14. The SMILES string of the molecule is COc1ccc(C(Cc2cccnc2)C(=O)O)cc1C. The molecule has 0 amide bonds. The Morgan fingerprint density at radius 3 is 2.75 bits per heavy atom. The third-order valence-electron chi connectivity index (χ3n) is 3.28. The van der Waals surface area contributed by atoms with Gasteiger partial charge in [-0.05, 0) is 42.2 Å². The topological polar surface area (TPSA) is 59.4 Å². The number of benzene rings is 1. The van der Waals surface area contributed by atoms with Crippen LogP contribution in [-0.4, -0.2) is 23.2 Å². The highest BCUT2D eigenvalue weighted by molar-refractivity contribution is 5.76. The van der Waals surface area contributed by atoms with Crippen molar-refractivity contribution < 1.29 is 14.6 Å². The molecule has 1 aromatic carbocycles. The third-order valence-corrected chi connectivity index (χ3v) is 3.28. The van der Waals surface area contributed by atoms with Crippen molar-refractivity contribution in [3.63, 3.8) is 0 Å². The molecule has 104 valence electrons. The van der Waals surface area contributed by atoms with Gasteiger partial charge in [0.05, 0.1) is 13.0 Å². The van der Waals surface area contributed by atoms with Crippen LogP contribution in [0.4, 0.5) is 0 Å². The molecule has 0 saturated carbocycles. The lowest BCUT2D eigenvalue weighted by Gasteiger charge is -2.14. The zero-order valence-electron chi connectivity index (χ0n) is 11.5. The fourth-order valence-electron chi connectivity index (χ4n) is 2.22. The standard InChI is InChI=1S/C16H17NO3/c1-11-8-13(5-6-15(11)20-2)14(16(18)19)9-12-4-3-7-17-10-12/h3-8,10,14H,9H2,1-2H3,(H,18,19). The molecule has 0 spiro atoms. The summed E-state index contributed by atoms with van der Waals surface area (Å²) in [5, 5.41) is 9.45. The highest BCUT2D eigenvalue weighted by Gasteiger charge is 2.21. The molecule has 1 N–H and O–H groups in total. The summed E-state index contributed by atoms with van der Waals surface area (Å²) in [6.07, 6.45) is 3.80. The van der Waals surface area contributed by atoms with Crippen molar-refractivity contribution in [1.82, 2.24) is 4.98 Å². The van der Waals surface area contributed by atoms with Crippen molar-refractivity contribution in [2.75, 3.05) is 7.11 Å². The second-order valence-corrected chi connectivity index (χ2v) is 4.69. The molecule has 4 heteroatoms. The average Bonchev–Trinajstić information content (AvgIpc) is 2.45. The van der Waals surface area contributed by atoms with Gasteiger partial charge in [-0.25, -0.2) is 0 Å². The lowest BCUT2D eigenvalue weighted by molar-refractivity contribution is -0.138. The molecule has 0 saturated heterocycles. The van der Waals surface area contributed by atoms with Gasteiger partial charge in [-0.2, -0.15) is 0 Å². The predicted octanol–water partition coefficient (Wildman–Crippen LogP) is 2.81. The summed E-state index contributed by atoms with van der Waals surface area (Å²) in [5.74, 6) is -0.651. The van der Waals surface area contributed by atoms with Crippen LogP contribution in [0.15, 0.2) is 42.7 Å². The maximum atomic E-state index is 11.5. The first-order valence-electron chi connectivity index (χ1n) is 6.38. The van der Waals surface area contributed by atoms with Crippen molar-refractivity contribution in [3.8, 4) is 5.75 Å². The summed E-state index contributed by atoms with van der Waals surface area (Å²) in [6, 6.07) is 9.19. The van der Waals surface area contributed by atoms with Crippen LogP contribution in [0, 0.1) is 6.92 Å². The number of carbonyl (C=O) groups is 1. The number of methoxy groups -OCH3 is 1. The van der Waals surface area contributed by atoms with E-state index in [0.29, 0.717) is 6.42 Å². The molecule has 2 aromatic rings. The van der Waals surface area contributed by atoms with Crippen LogP contribution in [-0.2, 0) is 11.2 Å². The zero-order chi connectivity index (χ0) is 14.5. The Balaban J connectivity index is 2.29. The Kier molecular flexibility index (Phi) is 4.35. The van der Waals surface area contributed by atoms with E-state index in [1.807, 2.05) is 31.2 Å². The minimum Gasteiger partial charge on any atom is -0.496 e. The summed E-state index contributed by atoms with van der Waals surface area (Å²) in [7, 11) is 1.60. The molecule has 0 aliphatic rings. The molecule has 0 aliphatic carbocycles. The number of nitrogens with zero attached hydrogens (tertiary/aromatic N) is 1. The molecule has 2 rings (SSSR count). The van der Waals surface area contributed by atoms with Gasteiger partial charge in [0.15, 0.2) is 0 Å². The van der Waals surface area contributed by atoms with E-state index in [-0.39, 0.29) is 0 Å². The lowest BCUT2D eigenvalue weighted by atomic mass is 9.91. The maximum Gasteiger partial charge on any atom is 0.311 e. The first-order valence-corrected chi connectivity index (χ1v) is 6.38. The van der Waals surface area contributed by atoms with Crippen LogP contribution < -0.4 is 4.74 Å². The number of aliphatic carboxylic acids is 1. The van der Waals surface area contributed by atoms with E-state index in [2.05, 4.69) is 4.98 Å². The average molecular weight is 271 g/mol. The fraction of sp³-hybridized carbons (Fsp3) is 0.250. The first kappa shape index (κ1) is 14.1. The highest BCUT2D eigenvalue weighted by atomic mass is 16.5. The number of aryl methyl sites for hydroxylation is 1. The summed E-state index contributed by atoms with van der Waals surface area (Å²) < 4.78 is 5.20. The van der Waals surface area contributed by atoms with Crippen molar-refractivity contribution in [3.05, 3.63) is 59.4 Å². The molecule has 4 nitrogen and oxygen atoms in total. The minimum atomic E-state index is -0.835. The molecule has 1 aromatic heterocycles. The summed E-state index contributed by atoms with van der Waals surface area (Å²) >= 11 is 0. The quantitative estimate of drug-likeness (QED) is 0.908. The number of hydrogen-bond donors (Lipinski definition) is 1. The van der Waals surface area contributed by atoms with E-state index in [0.717, 1.165) is 22.4 Å². The predicted molar refractivity (Wildman–Crippen MR) is 76.0 cm³/mol. The minimum absolute atomic E-state index is 0.426. The van der Waals surface area contributed by atoms with Crippen LogP contribution in [0.5, 0.6) is 5.75 Å². The van der Waals surface area contributed by atoms with E-state index >= 15 is 0 Å². The van der Waals surface area contributed by atoms with E-state index in [9.17, 15) is 9.90 Å². The number of pyridine rings is 1. The van der Waals surface area contributed by atoms with Crippen LogP contribution in [0.1, 0.15) is 22.6 Å². The first-order chi connectivity index (χ1) is 9.61. The number of ether oxygens (including phenoxy) is 1. The number of aromatic nitrogens is 1. The second kappa shape index (κ2) is 6.19. The fourth-order valence-corrected chi connectivity index (χ4v) is 2.22. The van der Waals surface area contributed by atoms with Gasteiger partial charge in [-0.3, -0.25) is 9.78 Å². The maximum absolute atomic E-state index is 11.5. The molecular weight excluding hydrogens is 254 g/mol. The Hall–Kier alpha value is -2.36. The number of carboxylic acids is 1. The number of rotatable bonds is 5. The van der Waals surface area contributed by atoms with Gasteiger partial charge in [-0.15, -0.1) is 0 Å². The van der Waals surface area contributed by atoms with Crippen LogP contribution in [0.2, 0.25) is 0 Å². The van der Waals surface area contributed by atoms with Crippen LogP contribution >= 0.6 is 0 Å². The summed E-state index contributed by atoms with van der Waals surface area (Å²) in [4.78, 5) is 15.5. The molecule has 1 atom stereocenters. The van der Waals surface area contributed by atoms with Crippen molar-refractivity contribution in [2.24, 2.45) is 0 Å². The third kappa shape index (κ3) is 3.15. The molecule has 0 radical (unpaired) electrons. The van der Waals surface area contributed by atoms with E-state index in [1.54, 1.807) is 25.6 Å². The zero-order valence-corrected chi connectivity index (χ0v) is 11.5. The second-order valence-electron chi connectivity index (χ2n) is 4.69. The van der Waals surface area contributed by atoms with Crippen LogP contribution in [0.3, 0.4) is 0 Å². The van der Waals surface area contributed by atoms with Crippen molar-refractivity contribution >= 4 is 5.97 Å². The molecule has 1 heterocycles. The monoisotopic (exact) mass is 271 g/mol. The molecular formula is C16H17NO3. The highest BCUT2D eigenvalue weighted by Crippen LogP contribution is 2.26. The molecule has 1 unspecified atom stereocenters. The van der Waals surface area contributed by atoms with Gasteiger partial charge in [-0.1, -0.05) is 18.2 Å². The van der Waals surface area contributed by atoms with E-state index in [4.69, 9.17) is 4.74 Å². The van der Waals surface area contributed by atoms with E-state index < -0.39 is 11.9 Å². The largest absolute Gasteiger partial charge is 0.496 e. The summed E-state index contributed by atoms with van der Waals surface area (Å²) in [6.45, 7) is 1.91.